The lowest BCUT2D eigenvalue weighted by Gasteiger charge is -1.94. The van der Waals surface area contributed by atoms with Gasteiger partial charge < -0.3 is 5.73 Å². The van der Waals surface area contributed by atoms with Crippen LogP contribution < -0.4 is 16.9 Å². The number of amidine groups is 1. The first-order valence-corrected chi connectivity index (χ1v) is 3.50. The Bertz CT molecular complexity index is 251. The van der Waals surface area contributed by atoms with Crippen LogP contribution in [-0.2, 0) is 6.54 Å². The van der Waals surface area contributed by atoms with E-state index in [9.17, 15) is 0 Å². The summed E-state index contributed by atoms with van der Waals surface area (Å²) in [4.78, 5) is 0. The third-order valence-electron chi connectivity index (χ3n) is 1.58. The molecule has 0 amide bonds. The van der Waals surface area contributed by atoms with Gasteiger partial charge >= 0.3 is 0 Å². The Hall–Kier alpha value is -1.35. The molecule has 1 aromatic rings. The minimum atomic E-state index is 0.362. The van der Waals surface area contributed by atoms with Crippen LogP contribution >= 0.6 is 0 Å². The SMILES string of the molecule is NC(=[NH2+])c1ccc(C[NH3+])cc1. The summed E-state index contributed by atoms with van der Waals surface area (Å²) in [6.07, 6.45) is 0. The van der Waals surface area contributed by atoms with Gasteiger partial charge in [0.15, 0.2) is 0 Å². The van der Waals surface area contributed by atoms with Gasteiger partial charge in [0.1, 0.15) is 0 Å². The molecule has 11 heavy (non-hydrogen) atoms. The molecule has 3 heteroatoms. The van der Waals surface area contributed by atoms with Crippen molar-refractivity contribution >= 4 is 5.84 Å². The lowest BCUT2D eigenvalue weighted by molar-refractivity contribution is -0.386. The molecular weight excluding hydrogens is 138 g/mol. The molecule has 0 aliphatic heterocycles. The molecule has 1 aromatic carbocycles. The zero-order valence-electron chi connectivity index (χ0n) is 6.38. The van der Waals surface area contributed by atoms with Crippen LogP contribution in [0.2, 0.25) is 0 Å². The molecule has 0 spiro atoms. The molecule has 0 unspecified atom stereocenters. The van der Waals surface area contributed by atoms with Gasteiger partial charge in [0, 0.05) is 5.56 Å². The molecule has 1 rings (SSSR count). The molecule has 3 nitrogen and oxygen atoms in total. The third kappa shape index (κ3) is 1.78. The van der Waals surface area contributed by atoms with E-state index in [0.29, 0.717) is 5.84 Å². The van der Waals surface area contributed by atoms with E-state index in [1.807, 2.05) is 24.3 Å². The highest BCUT2D eigenvalue weighted by atomic mass is 14.7. The lowest BCUT2D eigenvalue weighted by Crippen LogP contribution is -2.47. The van der Waals surface area contributed by atoms with Crippen LogP contribution in [0.3, 0.4) is 0 Å². The summed E-state index contributed by atoms with van der Waals surface area (Å²) >= 11 is 0. The van der Waals surface area contributed by atoms with Gasteiger partial charge in [-0.3, -0.25) is 11.1 Å². The van der Waals surface area contributed by atoms with Gasteiger partial charge in [-0.25, -0.2) is 0 Å². The van der Waals surface area contributed by atoms with Crippen molar-refractivity contribution < 1.29 is 11.1 Å². The molecule has 0 aromatic heterocycles. The van der Waals surface area contributed by atoms with Gasteiger partial charge in [-0.1, -0.05) is 12.1 Å². The smallest absolute Gasteiger partial charge is 0.270 e. The van der Waals surface area contributed by atoms with Gasteiger partial charge in [0.2, 0.25) is 0 Å². The molecule has 0 bridgehead atoms. The average molecular weight is 151 g/mol. The normalized spacial score (nSPS) is 9.55. The van der Waals surface area contributed by atoms with Crippen molar-refractivity contribution in [2.75, 3.05) is 0 Å². The predicted molar refractivity (Wildman–Crippen MR) is 43.3 cm³/mol. The van der Waals surface area contributed by atoms with Gasteiger partial charge in [0.05, 0.1) is 12.1 Å². The molecule has 0 atom stereocenters. The van der Waals surface area contributed by atoms with E-state index in [-0.39, 0.29) is 0 Å². The molecule has 0 radical (unpaired) electrons. The van der Waals surface area contributed by atoms with Gasteiger partial charge in [-0.15, -0.1) is 0 Å². The number of hydrogen-bond acceptors (Lipinski definition) is 0. The molecule has 0 saturated heterocycles. The van der Waals surface area contributed by atoms with Gasteiger partial charge in [-0.2, -0.15) is 0 Å². The highest BCUT2D eigenvalue weighted by molar-refractivity contribution is 5.92. The predicted octanol–water partition coefficient (Wildman–Crippen LogP) is -2.11. The van der Waals surface area contributed by atoms with Gasteiger partial charge in [0.25, 0.3) is 5.84 Å². The molecule has 0 saturated carbocycles. The van der Waals surface area contributed by atoms with Crippen molar-refractivity contribution in [3.8, 4) is 0 Å². The van der Waals surface area contributed by atoms with Crippen molar-refractivity contribution in [2.45, 2.75) is 6.54 Å². The Morgan fingerprint density at radius 2 is 1.91 bits per heavy atom. The quantitative estimate of drug-likeness (QED) is 0.328. The summed E-state index contributed by atoms with van der Waals surface area (Å²) in [6, 6.07) is 7.75. The molecular formula is C8H13N3+2. The second kappa shape index (κ2) is 3.16. The van der Waals surface area contributed by atoms with Crippen molar-refractivity contribution in [1.82, 2.24) is 0 Å². The molecule has 0 fully saturated rings. The fourth-order valence-electron chi connectivity index (χ4n) is 0.864. The summed E-state index contributed by atoms with van der Waals surface area (Å²) in [6.45, 7) is 0.796. The van der Waals surface area contributed by atoms with Crippen LogP contribution in [-0.4, -0.2) is 5.84 Å². The van der Waals surface area contributed by atoms with Crippen molar-refractivity contribution in [3.63, 3.8) is 0 Å². The number of quaternary nitrogens is 1. The average Bonchev–Trinajstić information content (AvgIpc) is 2.05. The van der Waals surface area contributed by atoms with Crippen LogP contribution in [0.15, 0.2) is 24.3 Å². The van der Waals surface area contributed by atoms with E-state index in [1.165, 1.54) is 5.56 Å². The maximum absolute atomic E-state index is 5.38. The van der Waals surface area contributed by atoms with E-state index in [2.05, 4.69) is 5.73 Å². The fourth-order valence-corrected chi connectivity index (χ4v) is 0.864. The Labute approximate surface area is 65.5 Å². The first-order chi connectivity index (χ1) is 5.24. The summed E-state index contributed by atoms with van der Waals surface area (Å²) in [5.41, 5.74) is 11.2. The molecule has 0 aliphatic carbocycles. The monoisotopic (exact) mass is 151 g/mol. The second-order valence-corrected chi connectivity index (χ2v) is 2.40. The number of nitrogens with two attached hydrogens (primary N) is 2. The summed E-state index contributed by atoms with van der Waals surface area (Å²) in [5.74, 6) is 0.362. The Kier molecular flexibility index (Phi) is 2.23. The fraction of sp³-hybridized carbons (Fsp3) is 0.125. The van der Waals surface area contributed by atoms with Crippen LogP contribution in [0.25, 0.3) is 0 Å². The zero-order valence-corrected chi connectivity index (χ0v) is 6.38. The van der Waals surface area contributed by atoms with E-state index < -0.39 is 0 Å². The third-order valence-corrected chi connectivity index (χ3v) is 1.58. The largest absolute Gasteiger partial charge is 0.354 e. The van der Waals surface area contributed by atoms with E-state index >= 15 is 0 Å². The summed E-state index contributed by atoms with van der Waals surface area (Å²) < 4.78 is 0. The Morgan fingerprint density at radius 3 is 2.27 bits per heavy atom. The van der Waals surface area contributed by atoms with Crippen LogP contribution in [0.4, 0.5) is 0 Å². The topological polar surface area (TPSA) is 79.2 Å². The maximum Gasteiger partial charge on any atom is 0.270 e. The van der Waals surface area contributed by atoms with Crippen LogP contribution in [0.5, 0.6) is 0 Å². The Balaban J connectivity index is 2.91. The van der Waals surface area contributed by atoms with E-state index in [0.717, 1.165) is 12.1 Å². The number of benzene rings is 1. The number of hydrogen-bond donors (Lipinski definition) is 3. The lowest BCUT2D eigenvalue weighted by atomic mass is 10.1. The van der Waals surface area contributed by atoms with E-state index in [4.69, 9.17) is 11.1 Å². The second-order valence-electron chi connectivity index (χ2n) is 2.40. The van der Waals surface area contributed by atoms with Crippen molar-refractivity contribution in [3.05, 3.63) is 35.4 Å². The van der Waals surface area contributed by atoms with Gasteiger partial charge in [-0.05, 0) is 12.1 Å². The van der Waals surface area contributed by atoms with Crippen molar-refractivity contribution in [1.29, 1.82) is 0 Å². The standard InChI is InChI=1S/C8H11N3/c9-5-6-1-3-7(4-2-6)8(10)11/h1-4H,5,9H2,(H3,10,11)/p+2. The van der Waals surface area contributed by atoms with Crippen LogP contribution in [0.1, 0.15) is 11.1 Å². The first-order valence-electron chi connectivity index (χ1n) is 3.50. The maximum atomic E-state index is 5.38. The minimum Gasteiger partial charge on any atom is -0.354 e. The van der Waals surface area contributed by atoms with Crippen LogP contribution in [0, 0.1) is 0 Å². The minimum absolute atomic E-state index is 0.362. The molecule has 58 valence electrons. The molecule has 0 aliphatic rings. The highest BCUT2D eigenvalue weighted by Crippen LogP contribution is 2.00. The molecule has 0 heterocycles. The van der Waals surface area contributed by atoms with Crippen molar-refractivity contribution in [2.24, 2.45) is 5.73 Å². The number of rotatable bonds is 2. The van der Waals surface area contributed by atoms with E-state index in [1.54, 1.807) is 0 Å². The highest BCUT2D eigenvalue weighted by Gasteiger charge is 1.99. The zero-order chi connectivity index (χ0) is 8.27. The molecule has 7 N–H and O–H groups in total. The Morgan fingerprint density at radius 1 is 1.36 bits per heavy atom. The summed E-state index contributed by atoms with van der Waals surface area (Å²) in [7, 11) is 0. The summed E-state index contributed by atoms with van der Waals surface area (Å²) in [5, 5.41) is 5.38. The first kappa shape index (κ1) is 7.75.